The van der Waals surface area contributed by atoms with Gasteiger partial charge < -0.3 is 24.4 Å². The minimum absolute atomic E-state index is 0.119. The number of ether oxygens (including phenoxy) is 2. The minimum atomic E-state index is -2.12. The summed E-state index contributed by atoms with van der Waals surface area (Å²) in [5.41, 5.74) is -0.773. The first-order valence-corrected chi connectivity index (χ1v) is 13.7. The molecule has 39 heavy (non-hydrogen) atoms. The van der Waals surface area contributed by atoms with Crippen LogP contribution in [0.2, 0.25) is 0 Å². The van der Waals surface area contributed by atoms with E-state index in [1.54, 1.807) is 73.8 Å². The Bertz CT molecular complexity index is 1230. The molecule has 7 heteroatoms. The first kappa shape index (κ1) is 26.9. The number of rotatable bonds is 10. The Hall–Kier alpha value is -3.68. The average Bonchev–Trinajstić information content (AvgIpc) is 3.00. The summed E-state index contributed by atoms with van der Waals surface area (Å²) in [6.07, 6.45) is 2.47. The van der Waals surface area contributed by atoms with Crippen LogP contribution in [0.5, 0.6) is 5.75 Å². The quantitative estimate of drug-likeness (QED) is 0.248. The van der Waals surface area contributed by atoms with Crippen molar-refractivity contribution in [1.82, 2.24) is 5.32 Å². The SMILES string of the molecule is COc1cccc(C(=O)NCCC[N+]23CCC(CC2)C(OC(=O)C([O-])(c2ccccc2)c2ccccc2)C3)c1. The zero-order chi connectivity index (χ0) is 27.3. The number of nitrogens with zero attached hydrogens (tertiary/aromatic N) is 1. The Labute approximate surface area is 230 Å². The molecule has 0 aromatic heterocycles. The Balaban J connectivity index is 1.22. The summed E-state index contributed by atoms with van der Waals surface area (Å²) in [5.74, 6) is 0.0749. The van der Waals surface area contributed by atoms with Crippen LogP contribution in [0.3, 0.4) is 0 Å². The third kappa shape index (κ3) is 5.70. The van der Waals surface area contributed by atoms with Crippen LogP contribution in [-0.2, 0) is 15.1 Å². The number of fused-ring (bicyclic) bond motifs is 3. The molecule has 1 atom stereocenters. The fourth-order valence-corrected chi connectivity index (χ4v) is 6.12. The largest absolute Gasteiger partial charge is 0.834 e. The Morgan fingerprint density at radius 1 is 0.949 bits per heavy atom. The first-order chi connectivity index (χ1) is 18.9. The van der Waals surface area contributed by atoms with E-state index in [9.17, 15) is 14.7 Å². The molecule has 3 aromatic rings. The van der Waals surface area contributed by atoms with Crippen LogP contribution in [0.4, 0.5) is 0 Å². The predicted molar refractivity (Wildman–Crippen MR) is 146 cm³/mol. The maximum Gasteiger partial charge on any atom is 0.304 e. The monoisotopic (exact) mass is 528 g/mol. The third-order valence-electron chi connectivity index (χ3n) is 8.37. The molecule has 0 spiro atoms. The van der Waals surface area contributed by atoms with E-state index in [1.165, 1.54) is 0 Å². The van der Waals surface area contributed by atoms with Crippen LogP contribution < -0.4 is 15.2 Å². The predicted octanol–water partition coefficient (Wildman–Crippen LogP) is 3.27. The smallest absolute Gasteiger partial charge is 0.304 e. The molecule has 0 radical (unpaired) electrons. The molecule has 2 bridgehead atoms. The second kappa shape index (κ2) is 11.6. The van der Waals surface area contributed by atoms with E-state index in [0.717, 1.165) is 43.4 Å². The lowest BCUT2D eigenvalue weighted by Crippen LogP contribution is -2.65. The van der Waals surface area contributed by atoms with E-state index in [2.05, 4.69) is 5.32 Å². The summed E-state index contributed by atoms with van der Waals surface area (Å²) in [7, 11) is 1.58. The summed E-state index contributed by atoms with van der Waals surface area (Å²) in [5, 5.41) is 17.3. The summed E-state index contributed by atoms with van der Waals surface area (Å²) in [6.45, 7) is 4.22. The lowest BCUT2D eigenvalue weighted by atomic mass is 9.82. The molecule has 3 aliphatic rings. The number of nitrogens with one attached hydrogen (secondary N) is 1. The van der Waals surface area contributed by atoms with E-state index in [-0.39, 0.29) is 17.9 Å². The number of piperidine rings is 3. The Morgan fingerprint density at radius 2 is 1.59 bits per heavy atom. The first-order valence-electron chi connectivity index (χ1n) is 13.7. The van der Waals surface area contributed by atoms with Crippen molar-refractivity contribution in [1.29, 1.82) is 0 Å². The molecule has 6 rings (SSSR count). The standard InChI is InChI=1S/C32H36N2O5/c1-38-28-15-8-10-25(22-28)30(35)33-18-9-19-34-20-16-24(17-21-34)29(23-34)39-31(36)32(37,26-11-4-2-5-12-26)27-13-6-3-7-14-27/h2-8,10-15,22,24,29H,9,16-21,23H2,1H3,(H,33,35). The van der Waals surface area contributed by atoms with Crippen molar-refractivity contribution in [3.05, 3.63) is 102 Å². The van der Waals surface area contributed by atoms with Gasteiger partial charge in [-0.2, -0.15) is 0 Å². The highest BCUT2D eigenvalue weighted by Gasteiger charge is 2.48. The van der Waals surface area contributed by atoms with E-state index in [1.807, 2.05) is 18.2 Å². The topological polar surface area (TPSA) is 87.7 Å². The number of hydrogen-bond donors (Lipinski definition) is 1. The van der Waals surface area contributed by atoms with Gasteiger partial charge in [-0.25, -0.2) is 0 Å². The van der Waals surface area contributed by atoms with Gasteiger partial charge in [0, 0.05) is 42.9 Å². The maximum atomic E-state index is 14.3. The van der Waals surface area contributed by atoms with Gasteiger partial charge in [0.1, 0.15) is 12.3 Å². The van der Waals surface area contributed by atoms with Gasteiger partial charge in [0.15, 0.2) is 6.10 Å². The number of esters is 1. The molecule has 1 unspecified atom stereocenters. The van der Waals surface area contributed by atoms with Crippen LogP contribution in [0.15, 0.2) is 84.9 Å². The summed E-state index contributed by atoms with van der Waals surface area (Å²) in [4.78, 5) is 26.2. The van der Waals surface area contributed by atoms with Crippen molar-refractivity contribution >= 4 is 11.9 Å². The molecule has 1 N–H and O–H groups in total. The normalized spacial score (nSPS) is 22.2. The highest BCUT2D eigenvalue weighted by Crippen LogP contribution is 2.37. The molecule has 1 amide bonds. The number of benzene rings is 3. The Kier molecular flexibility index (Phi) is 8.00. The van der Waals surface area contributed by atoms with E-state index >= 15 is 0 Å². The highest BCUT2D eigenvalue weighted by molar-refractivity contribution is 5.94. The zero-order valence-corrected chi connectivity index (χ0v) is 22.4. The second-order valence-electron chi connectivity index (χ2n) is 10.7. The van der Waals surface area contributed by atoms with Crippen LogP contribution in [-0.4, -0.2) is 62.3 Å². The van der Waals surface area contributed by atoms with E-state index < -0.39 is 11.6 Å². The van der Waals surface area contributed by atoms with Gasteiger partial charge in [-0.05, 0) is 29.3 Å². The van der Waals surface area contributed by atoms with Crippen LogP contribution in [0, 0.1) is 5.92 Å². The number of amides is 1. The highest BCUT2D eigenvalue weighted by atomic mass is 16.6. The van der Waals surface area contributed by atoms with Crippen LogP contribution in [0.25, 0.3) is 0 Å². The number of carbonyl (C=O) groups is 2. The van der Waals surface area contributed by atoms with Crippen molar-refractivity contribution in [2.24, 2.45) is 5.92 Å². The molecule has 3 fully saturated rings. The second-order valence-corrected chi connectivity index (χ2v) is 10.7. The lowest BCUT2D eigenvalue weighted by Gasteiger charge is -2.53. The summed E-state index contributed by atoms with van der Waals surface area (Å²) in [6, 6.07) is 24.7. The van der Waals surface area contributed by atoms with Crippen molar-refractivity contribution in [3.8, 4) is 5.75 Å². The zero-order valence-electron chi connectivity index (χ0n) is 22.4. The number of hydrogen-bond acceptors (Lipinski definition) is 5. The van der Waals surface area contributed by atoms with Gasteiger partial charge in [0.05, 0.1) is 26.7 Å². The third-order valence-corrected chi connectivity index (χ3v) is 8.37. The fraction of sp³-hybridized carbons (Fsp3) is 0.375. The number of carbonyl (C=O) groups excluding carboxylic acids is 2. The van der Waals surface area contributed by atoms with Crippen molar-refractivity contribution < 1.29 is 28.7 Å². The molecule has 3 saturated heterocycles. The molecule has 0 aliphatic carbocycles. The molecule has 204 valence electrons. The molecule has 3 aliphatic heterocycles. The van der Waals surface area contributed by atoms with Gasteiger partial charge >= 0.3 is 5.97 Å². The van der Waals surface area contributed by atoms with Gasteiger partial charge in [0.25, 0.3) is 5.91 Å². The van der Waals surface area contributed by atoms with Crippen LogP contribution >= 0.6 is 0 Å². The molecular formula is C32H36N2O5. The van der Waals surface area contributed by atoms with Gasteiger partial charge in [-0.1, -0.05) is 66.7 Å². The van der Waals surface area contributed by atoms with Crippen LogP contribution in [0.1, 0.15) is 40.7 Å². The molecule has 3 aromatic carbocycles. The molecule has 3 heterocycles. The van der Waals surface area contributed by atoms with Crippen molar-refractivity contribution in [2.45, 2.75) is 31.0 Å². The van der Waals surface area contributed by atoms with Gasteiger partial charge in [-0.15, -0.1) is 0 Å². The minimum Gasteiger partial charge on any atom is -0.834 e. The number of quaternary nitrogens is 1. The van der Waals surface area contributed by atoms with Crippen molar-refractivity contribution in [3.63, 3.8) is 0 Å². The van der Waals surface area contributed by atoms with E-state index in [0.29, 0.717) is 35.5 Å². The maximum absolute atomic E-state index is 14.3. The van der Waals surface area contributed by atoms with Crippen molar-refractivity contribution in [2.75, 3.05) is 39.8 Å². The van der Waals surface area contributed by atoms with E-state index in [4.69, 9.17) is 9.47 Å². The molecular weight excluding hydrogens is 492 g/mol. The molecule has 0 saturated carbocycles. The average molecular weight is 529 g/mol. The molecule has 7 nitrogen and oxygen atoms in total. The van der Waals surface area contributed by atoms with Gasteiger partial charge in [0.2, 0.25) is 0 Å². The lowest BCUT2D eigenvalue weighted by molar-refractivity contribution is -0.946. The summed E-state index contributed by atoms with van der Waals surface area (Å²) >= 11 is 0. The Morgan fingerprint density at radius 3 is 2.21 bits per heavy atom. The van der Waals surface area contributed by atoms with Gasteiger partial charge in [-0.3, -0.25) is 9.59 Å². The fourth-order valence-electron chi connectivity index (χ4n) is 6.12. The summed E-state index contributed by atoms with van der Waals surface area (Å²) < 4.78 is 12.2. The number of methoxy groups -OCH3 is 1.